The van der Waals surface area contributed by atoms with Gasteiger partial charge in [-0.3, -0.25) is 9.59 Å². The van der Waals surface area contributed by atoms with E-state index in [-0.39, 0.29) is 18.2 Å². The molecular weight excluding hydrogens is 404 g/mol. The SMILES string of the molecule is CCNC(=O)[C@H](C)N(Cc1ccc(Br)cc1)C(=O)Cc1ccc(C)c(C)c1. The second-order valence-electron chi connectivity index (χ2n) is 6.81. The molecule has 0 saturated heterocycles. The van der Waals surface area contributed by atoms with Crippen LogP contribution in [-0.2, 0) is 22.6 Å². The van der Waals surface area contributed by atoms with Gasteiger partial charge < -0.3 is 10.2 Å². The van der Waals surface area contributed by atoms with Gasteiger partial charge in [-0.1, -0.05) is 46.3 Å². The van der Waals surface area contributed by atoms with Crippen molar-refractivity contribution in [2.45, 2.75) is 46.7 Å². The van der Waals surface area contributed by atoms with E-state index >= 15 is 0 Å². The molecule has 0 aliphatic carbocycles. The Labute approximate surface area is 170 Å². The van der Waals surface area contributed by atoms with Crippen molar-refractivity contribution < 1.29 is 9.59 Å². The topological polar surface area (TPSA) is 49.4 Å². The van der Waals surface area contributed by atoms with Crippen LogP contribution in [0.25, 0.3) is 0 Å². The lowest BCUT2D eigenvalue weighted by molar-refractivity contribution is -0.140. The molecule has 0 radical (unpaired) electrons. The van der Waals surface area contributed by atoms with Crippen LogP contribution in [0.5, 0.6) is 0 Å². The Hall–Kier alpha value is -2.14. The van der Waals surface area contributed by atoms with Gasteiger partial charge in [-0.2, -0.15) is 0 Å². The maximum atomic E-state index is 13.1. The standard InChI is InChI=1S/C22H27BrN2O2/c1-5-24-22(27)17(4)25(14-18-8-10-20(23)11-9-18)21(26)13-19-7-6-15(2)16(3)12-19/h6-12,17H,5,13-14H2,1-4H3,(H,24,27)/t17-/m0/s1. The molecule has 1 atom stereocenters. The molecule has 1 N–H and O–H groups in total. The molecule has 0 bridgehead atoms. The molecule has 5 heteroatoms. The Morgan fingerprint density at radius 3 is 2.26 bits per heavy atom. The number of carbonyl (C=O) groups is 2. The van der Waals surface area contributed by atoms with E-state index in [4.69, 9.17) is 0 Å². The fraction of sp³-hybridized carbons (Fsp3) is 0.364. The van der Waals surface area contributed by atoms with Gasteiger partial charge in [0.1, 0.15) is 6.04 Å². The third kappa shape index (κ3) is 5.93. The first-order chi connectivity index (χ1) is 12.8. The van der Waals surface area contributed by atoms with Gasteiger partial charge in [-0.25, -0.2) is 0 Å². The monoisotopic (exact) mass is 430 g/mol. The van der Waals surface area contributed by atoms with Crippen LogP contribution in [0.4, 0.5) is 0 Å². The molecular formula is C22H27BrN2O2. The summed E-state index contributed by atoms with van der Waals surface area (Å²) in [6, 6.07) is 13.3. The number of nitrogens with zero attached hydrogens (tertiary/aromatic N) is 1. The summed E-state index contributed by atoms with van der Waals surface area (Å²) in [5, 5.41) is 2.82. The minimum atomic E-state index is -0.535. The molecule has 0 unspecified atom stereocenters. The molecule has 0 heterocycles. The highest BCUT2D eigenvalue weighted by Crippen LogP contribution is 2.17. The van der Waals surface area contributed by atoms with Gasteiger partial charge in [0.15, 0.2) is 0 Å². The average molecular weight is 431 g/mol. The lowest BCUT2D eigenvalue weighted by Gasteiger charge is -2.29. The summed E-state index contributed by atoms with van der Waals surface area (Å²) in [6.45, 7) is 8.69. The summed E-state index contributed by atoms with van der Waals surface area (Å²) in [5.41, 5.74) is 4.32. The molecule has 0 aliphatic heterocycles. The molecule has 0 fully saturated rings. The number of hydrogen-bond donors (Lipinski definition) is 1. The van der Waals surface area contributed by atoms with Crippen molar-refractivity contribution in [2.75, 3.05) is 6.54 Å². The minimum absolute atomic E-state index is 0.0556. The quantitative estimate of drug-likeness (QED) is 0.716. The molecule has 27 heavy (non-hydrogen) atoms. The van der Waals surface area contributed by atoms with Gasteiger partial charge in [0, 0.05) is 17.6 Å². The number of benzene rings is 2. The fourth-order valence-corrected chi connectivity index (χ4v) is 3.15. The smallest absolute Gasteiger partial charge is 0.242 e. The number of carbonyl (C=O) groups excluding carboxylic acids is 2. The first-order valence-electron chi connectivity index (χ1n) is 9.19. The van der Waals surface area contributed by atoms with E-state index in [0.717, 1.165) is 21.2 Å². The van der Waals surface area contributed by atoms with E-state index in [0.29, 0.717) is 13.1 Å². The Balaban J connectivity index is 2.23. The van der Waals surface area contributed by atoms with Crippen LogP contribution in [-0.4, -0.2) is 29.3 Å². The summed E-state index contributed by atoms with van der Waals surface area (Å²) in [6.07, 6.45) is 0.279. The van der Waals surface area contributed by atoms with Crippen LogP contribution in [0.2, 0.25) is 0 Å². The van der Waals surface area contributed by atoms with E-state index < -0.39 is 6.04 Å². The number of aryl methyl sites for hydroxylation is 2. The number of hydrogen-bond acceptors (Lipinski definition) is 2. The van der Waals surface area contributed by atoms with Gasteiger partial charge in [-0.05, 0) is 62.1 Å². The first-order valence-corrected chi connectivity index (χ1v) is 9.99. The Kier molecular flexibility index (Phi) is 7.60. The molecule has 0 aromatic heterocycles. The molecule has 2 rings (SSSR count). The third-order valence-electron chi connectivity index (χ3n) is 4.71. The van der Waals surface area contributed by atoms with Crippen LogP contribution in [0, 0.1) is 13.8 Å². The van der Waals surface area contributed by atoms with Gasteiger partial charge in [0.2, 0.25) is 11.8 Å². The summed E-state index contributed by atoms with van der Waals surface area (Å²) in [7, 11) is 0. The van der Waals surface area contributed by atoms with Gasteiger partial charge in [0.05, 0.1) is 6.42 Å². The Morgan fingerprint density at radius 1 is 1.04 bits per heavy atom. The molecule has 0 aliphatic rings. The van der Waals surface area contributed by atoms with Crippen molar-refractivity contribution >= 4 is 27.7 Å². The van der Waals surface area contributed by atoms with E-state index in [1.54, 1.807) is 11.8 Å². The number of amides is 2. The maximum absolute atomic E-state index is 13.1. The first kappa shape index (κ1) is 21.2. The predicted molar refractivity (Wildman–Crippen MR) is 112 cm³/mol. The van der Waals surface area contributed by atoms with Gasteiger partial charge in [-0.15, -0.1) is 0 Å². The predicted octanol–water partition coefficient (Wildman–Crippen LogP) is 4.16. The average Bonchev–Trinajstić information content (AvgIpc) is 2.64. The molecule has 0 saturated carbocycles. The largest absolute Gasteiger partial charge is 0.355 e. The van der Waals surface area contributed by atoms with E-state index in [2.05, 4.69) is 28.2 Å². The van der Waals surface area contributed by atoms with Crippen molar-refractivity contribution in [3.63, 3.8) is 0 Å². The molecule has 0 spiro atoms. The van der Waals surface area contributed by atoms with Crippen LogP contribution in [0.1, 0.15) is 36.1 Å². The zero-order valence-corrected chi connectivity index (χ0v) is 18.0. The molecule has 2 amide bonds. The van der Waals surface area contributed by atoms with Crippen LogP contribution in [0.15, 0.2) is 46.9 Å². The Bertz CT molecular complexity index is 802. The van der Waals surface area contributed by atoms with Crippen LogP contribution >= 0.6 is 15.9 Å². The molecule has 2 aromatic carbocycles. The van der Waals surface area contributed by atoms with Gasteiger partial charge >= 0.3 is 0 Å². The van der Waals surface area contributed by atoms with Crippen molar-refractivity contribution in [3.8, 4) is 0 Å². The van der Waals surface area contributed by atoms with E-state index in [9.17, 15) is 9.59 Å². The highest BCUT2D eigenvalue weighted by Gasteiger charge is 2.25. The highest BCUT2D eigenvalue weighted by molar-refractivity contribution is 9.10. The lowest BCUT2D eigenvalue weighted by Crippen LogP contribution is -2.48. The zero-order chi connectivity index (χ0) is 20.0. The van der Waals surface area contributed by atoms with E-state index in [1.165, 1.54) is 5.56 Å². The summed E-state index contributed by atoms with van der Waals surface area (Å²) in [4.78, 5) is 27.1. The molecule has 2 aromatic rings. The van der Waals surface area contributed by atoms with Crippen LogP contribution < -0.4 is 5.32 Å². The molecule has 144 valence electrons. The zero-order valence-electron chi connectivity index (χ0n) is 16.4. The van der Waals surface area contributed by atoms with Crippen molar-refractivity contribution in [2.24, 2.45) is 0 Å². The van der Waals surface area contributed by atoms with Gasteiger partial charge in [0.25, 0.3) is 0 Å². The normalized spacial score (nSPS) is 11.7. The second kappa shape index (κ2) is 9.70. The van der Waals surface area contributed by atoms with E-state index in [1.807, 2.05) is 56.3 Å². The maximum Gasteiger partial charge on any atom is 0.242 e. The van der Waals surface area contributed by atoms with Crippen LogP contribution in [0.3, 0.4) is 0 Å². The summed E-state index contributed by atoms with van der Waals surface area (Å²) >= 11 is 3.43. The van der Waals surface area contributed by atoms with Crippen molar-refractivity contribution in [1.82, 2.24) is 10.2 Å². The van der Waals surface area contributed by atoms with Crippen molar-refractivity contribution in [1.29, 1.82) is 0 Å². The fourth-order valence-electron chi connectivity index (χ4n) is 2.88. The minimum Gasteiger partial charge on any atom is -0.355 e. The number of nitrogens with one attached hydrogen (secondary N) is 1. The number of halogens is 1. The third-order valence-corrected chi connectivity index (χ3v) is 5.24. The van der Waals surface area contributed by atoms with Crippen molar-refractivity contribution in [3.05, 3.63) is 69.2 Å². The highest BCUT2D eigenvalue weighted by atomic mass is 79.9. The lowest BCUT2D eigenvalue weighted by atomic mass is 10.0. The number of rotatable bonds is 7. The summed E-state index contributed by atoms with van der Waals surface area (Å²) < 4.78 is 0.982. The summed E-state index contributed by atoms with van der Waals surface area (Å²) in [5.74, 6) is -0.192. The molecule has 4 nitrogen and oxygen atoms in total. The number of likely N-dealkylation sites (N-methyl/N-ethyl adjacent to an activating group) is 1. The Morgan fingerprint density at radius 2 is 1.67 bits per heavy atom. The second-order valence-corrected chi connectivity index (χ2v) is 7.73.